The lowest BCUT2D eigenvalue weighted by Crippen LogP contribution is -2.66. The number of aromatic hydroxyl groups is 1. The van der Waals surface area contributed by atoms with E-state index >= 15 is 0 Å². The summed E-state index contributed by atoms with van der Waals surface area (Å²) in [4.78, 5) is 51.1. The molecule has 44 heavy (non-hydrogen) atoms. The van der Waals surface area contributed by atoms with E-state index in [1.54, 1.807) is 32.1 Å². The van der Waals surface area contributed by atoms with Gasteiger partial charge in [0, 0.05) is 49.4 Å². The predicted molar refractivity (Wildman–Crippen MR) is 154 cm³/mol. The average molecular weight is 613 g/mol. The number of benzene rings is 1. The lowest BCUT2D eigenvalue weighted by atomic mass is 9.59. The highest BCUT2D eigenvalue weighted by Crippen LogP contribution is 2.77. The standard InChI is InChI=1S/C33H40O11/c1-16-10-25-31(39,28(16)38)14-21(15-42-26(37)13-20-8-9-23(36)24(12-20)41-7)11-22-27-30(5,6)33(27,44-19(4)35)29(43-18(3)34)17(2)32(22,25)40/h8-12,17,22,25,27,29,36,39-40H,13-15H2,1-7H3/t17-,22+,25-,27-,29-,31-,32-,33-/m1/s1. The normalized spacial score (nSPS) is 36.4. The summed E-state index contributed by atoms with van der Waals surface area (Å²) in [5, 5.41) is 34.7. The van der Waals surface area contributed by atoms with Gasteiger partial charge in [-0.1, -0.05) is 39.0 Å². The summed E-state index contributed by atoms with van der Waals surface area (Å²) in [5.74, 6) is -5.51. The SMILES string of the molecule is COc1cc(CC(=O)OCC2=C[C@H]3[C@@H]4C(C)(C)[C@]4(OC(C)=O)[C@H](OC(C)=O)[C@@H](C)[C@]3(O)[C@@H]3C=C(C)C(=O)[C@@]3(O)C2)ccc1O. The van der Waals surface area contributed by atoms with Crippen molar-refractivity contribution in [3.63, 3.8) is 0 Å². The average Bonchev–Trinajstić information content (AvgIpc) is 3.36. The van der Waals surface area contributed by atoms with E-state index in [9.17, 15) is 34.5 Å². The Bertz CT molecular complexity index is 1490. The van der Waals surface area contributed by atoms with Crippen LogP contribution in [0.1, 0.15) is 53.5 Å². The Morgan fingerprint density at radius 3 is 2.36 bits per heavy atom. The molecule has 4 aliphatic carbocycles. The largest absolute Gasteiger partial charge is 0.504 e. The van der Waals surface area contributed by atoms with Gasteiger partial charge in [0.1, 0.15) is 18.3 Å². The molecule has 2 fully saturated rings. The third kappa shape index (κ3) is 4.46. The van der Waals surface area contributed by atoms with E-state index in [4.69, 9.17) is 18.9 Å². The number of ether oxygens (including phenoxy) is 4. The highest BCUT2D eigenvalue weighted by Gasteiger charge is 2.87. The van der Waals surface area contributed by atoms with Gasteiger partial charge < -0.3 is 34.3 Å². The molecule has 0 bridgehead atoms. The van der Waals surface area contributed by atoms with Gasteiger partial charge in [0.2, 0.25) is 0 Å². The van der Waals surface area contributed by atoms with Crippen molar-refractivity contribution >= 4 is 23.7 Å². The molecule has 3 N–H and O–H groups in total. The van der Waals surface area contributed by atoms with E-state index in [2.05, 4.69) is 0 Å². The number of hydrogen-bond acceptors (Lipinski definition) is 11. The number of ketones is 1. The minimum Gasteiger partial charge on any atom is -0.504 e. The molecular formula is C33H40O11. The molecule has 0 spiro atoms. The van der Waals surface area contributed by atoms with Gasteiger partial charge in [-0.05, 0) is 35.8 Å². The molecular weight excluding hydrogens is 572 g/mol. The molecule has 5 rings (SSSR count). The van der Waals surface area contributed by atoms with Crippen molar-refractivity contribution in [1.82, 2.24) is 0 Å². The van der Waals surface area contributed by atoms with Gasteiger partial charge in [-0.25, -0.2) is 0 Å². The van der Waals surface area contributed by atoms with Crippen molar-refractivity contribution in [1.29, 1.82) is 0 Å². The second-order valence-electron chi connectivity index (χ2n) is 13.2. The number of phenols is 1. The topological polar surface area (TPSA) is 166 Å². The maximum Gasteiger partial charge on any atom is 0.310 e. The molecule has 238 valence electrons. The molecule has 11 nitrogen and oxygen atoms in total. The van der Waals surface area contributed by atoms with Gasteiger partial charge in [0.25, 0.3) is 0 Å². The van der Waals surface area contributed by atoms with Crippen molar-refractivity contribution in [3.8, 4) is 11.5 Å². The zero-order valence-corrected chi connectivity index (χ0v) is 26.0. The molecule has 11 heteroatoms. The molecule has 0 aromatic heterocycles. The van der Waals surface area contributed by atoms with Crippen LogP contribution in [0.4, 0.5) is 0 Å². The lowest BCUT2D eigenvalue weighted by molar-refractivity contribution is -0.227. The third-order valence-corrected chi connectivity index (χ3v) is 10.4. The molecule has 0 radical (unpaired) electrons. The summed E-state index contributed by atoms with van der Waals surface area (Å²) in [6.45, 7) is 9.23. The monoisotopic (exact) mass is 612 g/mol. The Kier molecular flexibility index (Phi) is 7.53. The molecule has 1 aromatic carbocycles. The first kappa shape index (κ1) is 31.7. The van der Waals surface area contributed by atoms with E-state index in [0.29, 0.717) is 11.1 Å². The fourth-order valence-corrected chi connectivity index (χ4v) is 8.45. The van der Waals surface area contributed by atoms with E-state index in [0.717, 1.165) is 0 Å². The van der Waals surface area contributed by atoms with Crippen LogP contribution in [0.25, 0.3) is 0 Å². The molecule has 0 unspecified atom stereocenters. The first-order chi connectivity index (χ1) is 20.4. The number of methoxy groups -OCH3 is 1. The van der Waals surface area contributed by atoms with E-state index in [1.807, 2.05) is 13.8 Å². The molecule has 8 atom stereocenters. The van der Waals surface area contributed by atoms with Crippen molar-refractivity contribution < 1.29 is 53.4 Å². The van der Waals surface area contributed by atoms with Crippen LogP contribution >= 0.6 is 0 Å². The summed E-state index contributed by atoms with van der Waals surface area (Å²) >= 11 is 0. The minimum atomic E-state index is -2.05. The second-order valence-corrected chi connectivity index (χ2v) is 13.2. The molecule has 1 aromatic rings. The van der Waals surface area contributed by atoms with E-state index in [1.165, 1.54) is 33.1 Å². The molecule has 0 amide bonds. The van der Waals surface area contributed by atoms with Crippen LogP contribution in [-0.4, -0.2) is 75.6 Å². The van der Waals surface area contributed by atoms with Crippen LogP contribution in [0.3, 0.4) is 0 Å². The van der Waals surface area contributed by atoms with Crippen LogP contribution in [0, 0.1) is 29.1 Å². The number of aliphatic hydroxyl groups is 2. The van der Waals surface area contributed by atoms with Gasteiger partial charge in [-0.15, -0.1) is 0 Å². The zero-order chi connectivity index (χ0) is 32.6. The first-order valence-corrected chi connectivity index (χ1v) is 14.7. The minimum absolute atomic E-state index is 0.0703. The summed E-state index contributed by atoms with van der Waals surface area (Å²) in [6, 6.07) is 4.50. The smallest absolute Gasteiger partial charge is 0.310 e. The summed E-state index contributed by atoms with van der Waals surface area (Å²) in [5.41, 5.74) is -4.66. The lowest BCUT2D eigenvalue weighted by Gasteiger charge is -2.53. The Morgan fingerprint density at radius 2 is 1.75 bits per heavy atom. The Morgan fingerprint density at radius 1 is 1.07 bits per heavy atom. The number of carbonyl (C=O) groups excluding carboxylic acids is 4. The molecule has 4 aliphatic rings. The van der Waals surface area contributed by atoms with Crippen LogP contribution in [0.5, 0.6) is 11.5 Å². The van der Waals surface area contributed by atoms with Crippen molar-refractivity contribution in [3.05, 3.63) is 47.1 Å². The molecule has 0 saturated heterocycles. The highest BCUT2D eigenvalue weighted by atomic mass is 16.6. The highest BCUT2D eigenvalue weighted by molar-refractivity contribution is 6.04. The van der Waals surface area contributed by atoms with Crippen LogP contribution < -0.4 is 4.74 Å². The summed E-state index contributed by atoms with van der Waals surface area (Å²) in [6.07, 6.45) is 1.92. The quantitative estimate of drug-likeness (QED) is 0.235. The third-order valence-electron chi connectivity index (χ3n) is 10.4. The van der Waals surface area contributed by atoms with Crippen LogP contribution in [0.15, 0.2) is 41.5 Å². The fraction of sp³-hybridized carbons (Fsp3) is 0.576. The van der Waals surface area contributed by atoms with Crippen molar-refractivity contribution in [2.45, 2.75) is 77.3 Å². The second kappa shape index (κ2) is 10.4. The van der Waals surface area contributed by atoms with Gasteiger partial charge in [0.05, 0.1) is 19.1 Å². The molecule has 0 aliphatic heterocycles. The van der Waals surface area contributed by atoms with Crippen molar-refractivity contribution in [2.24, 2.45) is 29.1 Å². The van der Waals surface area contributed by atoms with Gasteiger partial charge >= 0.3 is 17.9 Å². The van der Waals surface area contributed by atoms with Crippen LogP contribution in [0.2, 0.25) is 0 Å². The number of phenolic OH excluding ortho intramolecular Hbond substituents is 1. The van der Waals surface area contributed by atoms with E-state index in [-0.39, 0.29) is 36.5 Å². The molecule has 2 saturated carbocycles. The van der Waals surface area contributed by atoms with Gasteiger partial charge in [-0.2, -0.15) is 0 Å². The predicted octanol–water partition coefficient (Wildman–Crippen LogP) is 2.58. The number of rotatable bonds is 7. The fourth-order valence-electron chi connectivity index (χ4n) is 8.45. The number of fused-ring (bicyclic) bond motifs is 5. The number of hydrogen-bond donors (Lipinski definition) is 3. The summed E-state index contributed by atoms with van der Waals surface area (Å²) in [7, 11) is 1.40. The maximum atomic E-state index is 13.5. The number of carbonyl (C=O) groups is 4. The van der Waals surface area contributed by atoms with Crippen molar-refractivity contribution in [2.75, 3.05) is 13.7 Å². The molecule has 0 heterocycles. The first-order valence-electron chi connectivity index (χ1n) is 14.7. The zero-order valence-electron chi connectivity index (χ0n) is 26.0. The summed E-state index contributed by atoms with van der Waals surface area (Å²) < 4.78 is 22.5. The van der Waals surface area contributed by atoms with Gasteiger partial charge in [0.15, 0.2) is 22.9 Å². The Hall–Kier alpha value is -3.70. The Balaban J connectivity index is 1.54. The van der Waals surface area contributed by atoms with E-state index < -0.39 is 75.7 Å². The Labute approximate surface area is 255 Å². The maximum absolute atomic E-state index is 13.5. The number of Topliss-reactive ketones (excluding diaryl/α,β-unsaturated/α-hetero) is 1. The number of esters is 3. The van der Waals surface area contributed by atoms with Crippen LogP contribution in [-0.2, 0) is 39.8 Å². The van der Waals surface area contributed by atoms with Gasteiger partial charge in [-0.3, -0.25) is 19.2 Å².